The molecule has 4 fully saturated rings. The van der Waals surface area contributed by atoms with Gasteiger partial charge in [-0.15, -0.1) is 0 Å². The summed E-state index contributed by atoms with van der Waals surface area (Å²) < 4.78 is 118. The van der Waals surface area contributed by atoms with Crippen molar-refractivity contribution in [3.05, 3.63) is 46.0 Å². The van der Waals surface area contributed by atoms with Crippen LogP contribution in [0.4, 0.5) is 17.7 Å². The fraction of sp³-hybridized carbons (Fsp3) is 0.595. The van der Waals surface area contributed by atoms with E-state index in [1.807, 2.05) is 0 Å². The van der Waals surface area contributed by atoms with E-state index >= 15 is 0 Å². The first-order valence-corrected chi connectivity index (χ1v) is 29.6. The molecule has 4 saturated heterocycles. The van der Waals surface area contributed by atoms with Crippen molar-refractivity contribution in [2.75, 3.05) is 64.8 Å². The molecular weight excluding hydrogens is 1180 g/mol. The van der Waals surface area contributed by atoms with Crippen LogP contribution in [0, 0.1) is 0 Å². The van der Waals surface area contributed by atoms with Crippen molar-refractivity contribution in [1.29, 1.82) is 0 Å². The summed E-state index contributed by atoms with van der Waals surface area (Å²) in [5.41, 5.74) is 13.9. The number of nitrogens with two attached hydrogens (primary N) is 3. The molecule has 0 radical (unpaired) electrons. The molecule has 444 valence electrons. The number of fused-ring (bicyclic) bond motifs is 5. The molecule has 2 bridgehead atoms. The smallest absolute Gasteiger partial charge is 0.387 e. The number of aliphatic hydroxyl groups is 3. The summed E-state index contributed by atoms with van der Waals surface area (Å²) in [4.78, 5) is 99.1. The number of hydrogen-bond acceptors (Lipinski definition) is 30. The highest BCUT2D eigenvalue weighted by atomic mass is 31.3. The average molecular weight is 1230 g/mol. The summed E-state index contributed by atoms with van der Waals surface area (Å²) in [5.74, 6) is -0.652. The number of nitrogen functional groups attached to an aromatic ring is 3. The highest BCUT2D eigenvalue weighted by Crippen LogP contribution is 2.68. The summed E-state index contributed by atoms with van der Waals surface area (Å²) in [6.07, 6.45) is -13.9. The van der Waals surface area contributed by atoms with Crippen LogP contribution in [0.15, 0.2) is 34.9 Å². The number of aromatic nitrogens is 12. The Morgan fingerprint density at radius 3 is 2.10 bits per heavy atom. The van der Waals surface area contributed by atoms with Gasteiger partial charge in [-0.3, -0.25) is 51.4 Å². The number of nitrogens with zero attached hydrogens (tertiary/aromatic N) is 11. The molecule has 0 aliphatic carbocycles. The van der Waals surface area contributed by atoms with Crippen molar-refractivity contribution in [3.63, 3.8) is 0 Å². The van der Waals surface area contributed by atoms with E-state index < -0.39 is 141 Å². The second-order valence-electron chi connectivity index (χ2n) is 19.0. The third-order valence-electron chi connectivity index (χ3n) is 13.4. The van der Waals surface area contributed by atoms with Gasteiger partial charge in [0.1, 0.15) is 60.7 Å². The van der Waals surface area contributed by atoms with Crippen molar-refractivity contribution >= 4 is 82.5 Å². The van der Waals surface area contributed by atoms with Crippen LogP contribution in [0.1, 0.15) is 25.1 Å². The predicted molar refractivity (Wildman–Crippen MR) is 264 cm³/mol. The van der Waals surface area contributed by atoms with Crippen molar-refractivity contribution in [3.8, 4) is 0 Å². The topological polar surface area (TPSA) is 554 Å². The highest BCUT2D eigenvalue weighted by molar-refractivity contribution is 7.66. The van der Waals surface area contributed by atoms with E-state index in [9.17, 15) is 62.7 Å². The van der Waals surface area contributed by atoms with E-state index in [4.69, 9.17) is 59.0 Å². The largest absolute Gasteiger partial charge is 0.490 e. The molecule has 6 aromatic heterocycles. The van der Waals surface area contributed by atoms with Gasteiger partial charge >= 0.3 is 36.9 Å². The van der Waals surface area contributed by atoms with E-state index in [2.05, 4.69) is 48.5 Å². The Labute approximate surface area is 451 Å². The number of ether oxygens (including phenoxy) is 5. The minimum absolute atomic E-state index is 0.00553. The maximum atomic E-state index is 13.8. The molecule has 0 amide bonds. The van der Waals surface area contributed by atoms with Gasteiger partial charge in [0.2, 0.25) is 17.7 Å². The summed E-state index contributed by atoms with van der Waals surface area (Å²) in [7, 11) is -17.5. The standard InChI is InChI=1S/C37H52N16O24P4/c1-49(2)6-5-16-37(25(56)24(73-16)34(74-37)53-13-50(3)19-29(53)46-36(40)48-31(19)58)9-70-80(63,64)77-81(65,66)76-79(61,62)69-8-15-22(23(67-4)33(72-15)51-11-43-17-26(38)41-10-42-27(17)51)75-78(59,60)68-7-14-20(54)21(55)32(71-14)52-12-44-18-28(52)45-35(39)47-30(18)57/h10-16,20-25,32-34,54-56H,5-9H2,1-4H3,(H11-,38,39,40,41,42,45,46,47,48,57,58,59,60,61,62,63,64,65,66)/p+1/t14-,15-,16+,20+,21?,22+,23?,24+,25?,32-,33-,34-,37+/m1/s1. The number of phosphoric acid groups is 4. The number of aliphatic hydroxyl groups excluding tert-OH is 3. The van der Waals surface area contributed by atoms with Gasteiger partial charge < -0.3 is 80.7 Å². The summed E-state index contributed by atoms with van der Waals surface area (Å²) in [6.45, 7) is -3.01. The molecule has 81 heavy (non-hydrogen) atoms. The van der Waals surface area contributed by atoms with Gasteiger partial charge in [0, 0.05) is 13.7 Å². The summed E-state index contributed by atoms with van der Waals surface area (Å²) in [6, 6.07) is 0. The Balaban J connectivity index is 0.827. The van der Waals surface area contributed by atoms with Gasteiger partial charge in [0.15, 0.2) is 47.0 Å². The molecule has 17 atom stereocenters. The first-order chi connectivity index (χ1) is 38.0. The maximum Gasteiger partial charge on any atom is 0.490 e. The van der Waals surface area contributed by atoms with E-state index in [0.717, 1.165) is 30.7 Å². The van der Waals surface area contributed by atoms with Gasteiger partial charge in [-0.05, 0) is 20.5 Å². The third-order valence-corrected chi connectivity index (χ3v) is 18.6. The number of phosphoric ester groups is 3. The highest BCUT2D eigenvalue weighted by Gasteiger charge is 2.69. The van der Waals surface area contributed by atoms with Crippen LogP contribution in [0.3, 0.4) is 0 Å². The quantitative estimate of drug-likeness (QED) is 0.0228. The monoisotopic (exact) mass is 1230 g/mol. The van der Waals surface area contributed by atoms with Crippen molar-refractivity contribution < 1.29 is 108 Å². The number of rotatable bonds is 22. The Kier molecular flexibility index (Phi) is 15.9. The van der Waals surface area contributed by atoms with Gasteiger partial charge in [-0.25, -0.2) is 42.8 Å². The molecule has 7 unspecified atom stereocenters. The minimum atomic E-state index is -6.24. The van der Waals surface area contributed by atoms with Crippen LogP contribution >= 0.6 is 31.3 Å². The number of H-pyrrole nitrogens is 2. The number of nitrogens with one attached hydrogen (secondary N) is 2. The molecule has 0 saturated carbocycles. The molecule has 10 rings (SSSR count). The number of methoxy groups -OCH3 is 1. The zero-order chi connectivity index (χ0) is 58.5. The van der Waals surface area contributed by atoms with E-state index in [1.165, 1.54) is 27.1 Å². The second-order valence-corrected chi connectivity index (χ2v) is 25.0. The number of aromatic amines is 2. The molecule has 6 aromatic rings. The van der Waals surface area contributed by atoms with Crippen LogP contribution in [0.25, 0.3) is 33.5 Å². The third kappa shape index (κ3) is 11.4. The molecule has 0 spiro atoms. The van der Waals surface area contributed by atoms with Crippen molar-refractivity contribution in [1.82, 2.24) is 58.5 Å². The maximum absolute atomic E-state index is 13.8. The first-order valence-electron chi connectivity index (χ1n) is 23.6. The van der Waals surface area contributed by atoms with E-state index in [1.54, 1.807) is 19.0 Å². The Morgan fingerprint density at radius 1 is 0.765 bits per heavy atom. The van der Waals surface area contributed by atoms with Crippen LogP contribution in [0.5, 0.6) is 0 Å². The minimum Gasteiger partial charge on any atom is -0.387 e. The lowest BCUT2D eigenvalue weighted by Gasteiger charge is -2.37. The lowest BCUT2D eigenvalue weighted by Crippen LogP contribution is -2.55. The lowest BCUT2D eigenvalue weighted by molar-refractivity contribution is -0.753. The fourth-order valence-corrected chi connectivity index (χ4v) is 14.3. The fourth-order valence-electron chi connectivity index (χ4n) is 9.83. The van der Waals surface area contributed by atoms with E-state index in [0.29, 0.717) is 6.54 Å². The van der Waals surface area contributed by atoms with Crippen LogP contribution in [-0.4, -0.2) is 201 Å². The number of imidazole rings is 3. The molecule has 40 nitrogen and oxygen atoms in total. The zero-order valence-corrected chi connectivity index (χ0v) is 45.9. The number of anilines is 3. The Morgan fingerprint density at radius 2 is 1.40 bits per heavy atom. The number of hydrogen-bond donors (Lipinski definition) is 12. The Bertz CT molecular complexity index is 3700. The van der Waals surface area contributed by atoms with Crippen molar-refractivity contribution in [2.45, 2.75) is 85.6 Å². The SMILES string of the molecule is COC1[C@@H](OP(=O)(O)OC[C@H]2O[C@@H](n3cnc4c(=O)[nH]c(N)nc43)C(O)[C@H]2O)[C@@H](COP(=O)(O)OP(=O)(O)OP(=O)(O)OC[C@]23O[C@@H]([n+]4cn(C)c5c(=O)[nH]c(N)nc54)[C@@H](O[C@H]2CCN(C)C)C3O)O[C@H]1n1cnc2c(N)ncnc21. The van der Waals surface area contributed by atoms with Crippen LogP contribution < -0.4 is 32.9 Å². The molecular formula is C37H53N16O24P4+. The Hall–Kier alpha value is -5.19. The normalized spacial score (nSPS) is 31.6. The number of aryl methyl sites for hydroxylation is 1. The zero-order valence-electron chi connectivity index (χ0n) is 42.3. The van der Waals surface area contributed by atoms with Crippen molar-refractivity contribution in [2.24, 2.45) is 7.05 Å². The molecule has 15 N–H and O–H groups in total. The van der Waals surface area contributed by atoms with Gasteiger partial charge in [-0.1, -0.05) is 4.98 Å². The van der Waals surface area contributed by atoms with Gasteiger partial charge in [0.25, 0.3) is 17.1 Å². The lowest BCUT2D eigenvalue weighted by atomic mass is 9.91. The molecule has 44 heteroatoms. The predicted octanol–water partition coefficient (Wildman–Crippen LogP) is -3.98. The van der Waals surface area contributed by atoms with Crippen LogP contribution in [0.2, 0.25) is 0 Å². The second kappa shape index (κ2) is 21.8. The average Bonchev–Trinajstić information content (AvgIpc) is 4.38. The molecule has 4 aliphatic rings. The molecule has 4 aliphatic heterocycles. The van der Waals surface area contributed by atoms with Crippen LogP contribution in [-0.2, 0) is 75.7 Å². The van der Waals surface area contributed by atoms with E-state index in [-0.39, 0.29) is 57.6 Å². The first kappa shape index (κ1) is 59.0. The summed E-state index contributed by atoms with van der Waals surface area (Å²) in [5, 5.41) is 33.5. The molecule has 0 aromatic carbocycles. The van der Waals surface area contributed by atoms with Gasteiger partial charge in [-0.2, -0.15) is 13.6 Å². The summed E-state index contributed by atoms with van der Waals surface area (Å²) >= 11 is 0. The van der Waals surface area contributed by atoms with Gasteiger partial charge in [0.05, 0.1) is 45.6 Å². The molecule has 10 heterocycles.